The average Bonchev–Trinajstić information content (AvgIpc) is 2.05. The molecule has 1 N–H and O–H groups in total. The molecule has 10 heavy (non-hydrogen) atoms. The standard InChI is InChI=1S/C9H13N/c1-2-6-9-8(4-1)5-3-7-10-9/h1,3-4,7-10H,2,5-6H2. The Kier molecular flexibility index (Phi) is 1.50. The maximum Gasteiger partial charge on any atom is 0.0324 e. The van der Waals surface area contributed by atoms with Crippen LogP contribution in [0.5, 0.6) is 0 Å². The van der Waals surface area contributed by atoms with E-state index < -0.39 is 0 Å². The molecule has 0 spiro atoms. The van der Waals surface area contributed by atoms with E-state index in [4.69, 9.17) is 0 Å². The van der Waals surface area contributed by atoms with Crippen LogP contribution in [0.1, 0.15) is 19.3 Å². The molecule has 0 saturated carbocycles. The van der Waals surface area contributed by atoms with Gasteiger partial charge >= 0.3 is 0 Å². The van der Waals surface area contributed by atoms with E-state index in [0.717, 1.165) is 12.0 Å². The second-order valence-electron chi connectivity index (χ2n) is 3.08. The van der Waals surface area contributed by atoms with E-state index in [1.165, 1.54) is 19.3 Å². The molecule has 0 aromatic heterocycles. The molecule has 0 saturated heterocycles. The van der Waals surface area contributed by atoms with Gasteiger partial charge in [0.15, 0.2) is 0 Å². The summed E-state index contributed by atoms with van der Waals surface area (Å²) in [6, 6.07) is 0.731. The fourth-order valence-corrected chi connectivity index (χ4v) is 1.76. The maximum absolute atomic E-state index is 3.39. The summed E-state index contributed by atoms with van der Waals surface area (Å²) < 4.78 is 0. The van der Waals surface area contributed by atoms with Crippen molar-refractivity contribution in [2.24, 2.45) is 5.92 Å². The number of nitrogens with one attached hydrogen (secondary N) is 1. The first-order valence-corrected chi connectivity index (χ1v) is 4.04. The molecular weight excluding hydrogens is 122 g/mol. The van der Waals surface area contributed by atoms with E-state index in [1.807, 2.05) is 0 Å². The zero-order valence-electron chi connectivity index (χ0n) is 6.09. The Balaban J connectivity index is 2.12. The van der Waals surface area contributed by atoms with Crippen LogP contribution in [-0.4, -0.2) is 6.04 Å². The van der Waals surface area contributed by atoms with Crippen LogP contribution in [-0.2, 0) is 0 Å². The summed E-state index contributed by atoms with van der Waals surface area (Å²) in [4.78, 5) is 0. The Hall–Kier alpha value is -0.720. The Bertz CT molecular complexity index is 170. The van der Waals surface area contributed by atoms with Crippen LogP contribution in [0.15, 0.2) is 24.4 Å². The minimum Gasteiger partial charge on any atom is -0.388 e. The predicted molar refractivity (Wildman–Crippen MR) is 42.5 cm³/mol. The van der Waals surface area contributed by atoms with Crippen molar-refractivity contribution < 1.29 is 0 Å². The monoisotopic (exact) mass is 135 g/mol. The molecule has 54 valence electrons. The van der Waals surface area contributed by atoms with E-state index in [9.17, 15) is 0 Å². The Morgan fingerprint density at radius 2 is 2.30 bits per heavy atom. The molecule has 1 aliphatic heterocycles. The Labute approximate surface area is 61.8 Å². The largest absolute Gasteiger partial charge is 0.388 e. The minimum absolute atomic E-state index is 0.731. The number of rotatable bonds is 0. The fourth-order valence-electron chi connectivity index (χ4n) is 1.76. The van der Waals surface area contributed by atoms with Crippen LogP contribution in [0.4, 0.5) is 0 Å². The quantitative estimate of drug-likeness (QED) is 0.500. The van der Waals surface area contributed by atoms with Gasteiger partial charge in [0.25, 0.3) is 0 Å². The van der Waals surface area contributed by atoms with Gasteiger partial charge in [-0.15, -0.1) is 0 Å². The van der Waals surface area contributed by atoms with E-state index in [2.05, 4.69) is 29.7 Å². The second kappa shape index (κ2) is 2.49. The maximum atomic E-state index is 3.39. The molecule has 0 fully saturated rings. The van der Waals surface area contributed by atoms with E-state index in [-0.39, 0.29) is 0 Å². The molecule has 1 heteroatoms. The summed E-state index contributed by atoms with van der Waals surface area (Å²) >= 11 is 0. The highest BCUT2D eigenvalue weighted by atomic mass is 14.9. The molecule has 1 heterocycles. The molecule has 2 atom stereocenters. The average molecular weight is 135 g/mol. The molecule has 2 unspecified atom stereocenters. The summed E-state index contributed by atoms with van der Waals surface area (Å²) in [5.41, 5.74) is 0. The molecule has 0 aromatic rings. The van der Waals surface area contributed by atoms with Gasteiger partial charge in [-0.05, 0) is 25.5 Å². The van der Waals surface area contributed by atoms with Crippen molar-refractivity contribution in [3.63, 3.8) is 0 Å². The summed E-state index contributed by atoms with van der Waals surface area (Å²) in [5, 5.41) is 3.39. The Morgan fingerprint density at radius 1 is 1.30 bits per heavy atom. The Morgan fingerprint density at radius 3 is 3.20 bits per heavy atom. The minimum atomic E-state index is 0.731. The van der Waals surface area contributed by atoms with Gasteiger partial charge in [-0.25, -0.2) is 0 Å². The van der Waals surface area contributed by atoms with Crippen LogP contribution in [0.25, 0.3) is 0 Å². The van der Waals surface area contributed by atoms with Gasteiger partial charge < -0.3 is 5.32 Å². The normalized spacial score (nSPS) is 36.8. The lowest BCUT2D eigenvalue weighted by molar-refractivity contribution is 0.396. The van der Waals surface area contributed by atoms with E-state index in [0.29, 0.717) is 0 Å². The van der Waals surface area contributed by atoms with Crippen molar-refractivity contribution >= 4 is 0 Å². The third-order valence-corrected chi connectivity index (χ3v) is 2.38. The molecule has 0 aromatic carbocycles. The first kappa shape index (κ1) is 6.02. The van der Waals surface area contributed by atoms with Crippen LogP contribution < -0.4 is 5.32 Å². The van der Waals surface area contributed by atoms with Crippen LogP contribution in [0, 0.1) is 5.92 Å². The lowest BCUT2D eigenvalue weighted by Crippen LogP contribution is -2.35. The number of hydrogen-bond donors (Lipinski definition) is 1. The van der Waals surface area contributed by atoms with Crippen molar-refractivity contribution in [1.82, 2.24) is 5.32 Å². The molecule has 2 aliphatic rings. The topological polar surface area (TPSA) is 12.0 Å². The molecule has 1 aliphatic carbocycles. The van der Waals surface area contributed by atoms with Crippen molar-refractivity contribution in [1.29, 1.82) is 0 Å². The van der Waals surface area contributed by atoms with Crippen molar-refractivity contribution in [3.05, 3.63) is 24.4 Å². The highest BCUT2D eigenvalue weighted by molar-refractivity contribution is 5.07. The number of allylic oxidation sites excluding steroid dienone is 2. The molecule has 0 radical (unpaired) electrons. The molecule has 2 rings (SSSR count). The van der Waals surface area contributed by atoms with Crippen LogP contribution in [0.2, 0.25) is 0 Å². The number of hydrogen-bond acceptors (Lipinski definition) is 1. The highest BCUT2D eigenvalue weighted by Crippen LogP contribution is 2.23. The molecular formula is C9H13N. The van der Waals surface area contributed by atoms with Crippen molar-refractivity contribution in [3.8, 4) is 0 Å². The summed E-state index contributed by atoms with van der Waals surface area (Å²) in [5.74, 6) is 0.777. The summed E-state index contributed by atoms with van der Waals surface area (Å²) in [6.45, 7) is 0. The third-order valence-electron chi connectivity index (χ3n) is 2.38. The van der Waals surface area contributed by atoms with E-state index >= 15 is 0 Å². The van der Waals surface area contributed by atoms with Crippen molar-refractivity contribution in [2.45, 2.75) is 25.3 Å². The van der Waals surface area contributed by atoms with Gasteiger partial charge in [-0.2, -0.15) is 0 Å². The second-order valence-corrected chi connectivity index (χ2v) is 3.08. The SMILES string of the molecule is C1=CC2CC=CNC2CC1. The smallest absolute Gasteiger partial charge is 0.0324 e. The van der Waals surface area contributed by atoms with Crippen LogP contribution >= 0.6 is 0 Å². The predicted octanol–water partition coefficient (Wildman–Crippen LogP) is 1.83. The van der Waals surface area contributed by atoms with Gasteiger partial charge in [-0.1, -0.05) is 18.2 Å². The lowest BCUT2D eigenvalue weighted by Gasteiger charge is -2.30. The molecule has 1 nitrogen and oxygen atoms in total. The summed E-state index contributed by atoms with van der Waals surface area (Å²) in [6.07, 6.45) is 12.8. The first-order chi connectivity index (χ1) is 4.97. The lowest BCUT2D eigenvalue weighted by atomic mass is 9.86. The van der Waals surface area contributed by atoms with Gasteiger partial charge in [-0.3, -0.25) is 0 Å². The first-order valence-electron chi connectivity index (χ1n) is 4.04. The van der Waals surface area contributed by atoms with Gasteiger partial charge in [0.05, 0.1) is 0 Å². The number of fused-ring (bicyclic) bond motifs is 1. The van der Waals surface area contributed by atoms with Crippen molar-refractivity contribution in [2.75, 3.05) is 0 Å². The summed E-state index contributed by atoms with van der Waals surface area (Å²) in [7, 11) is 0. The van der Waals surface area contributed by atoms with Gasteiger partial charge in [0.2, 0.25) is 0 Å². The molecule has 0 bridgehead atoms. The highest BCUT2D eigenvalue weighted by Gasteiger charge is 2.20. The molecule has 0 amide bonds. The van der Waals surface area contributed by atoms with E-state index in [1.54, 1.807) is 0 Å². The van der Waals surface area contributed by atoms with Gasteiger partial charge in [0.1, 0.15) is 0 Å². The third kappa shape index (κ3) is 0.962. The van der Waals surface area contributed by atoms with Crippen LogP contribution in [0.3, 0.4) is 0 Å². The zero-order valence-corrected chi connectivity index (χ0v) is 6.09. The fraction of sp³-hybridized carbons (Fsp3) is 0.556. The zero-order chi connectivity index (χ0) is 6.81. The van der Waals surface area contributed by atoms with Gasteiger partial charge in [0, 0.05) is 12.0 Å².